The van der Waals surface area contributed by atoms with Gasteiger partial charge in [0.25, 0.3) is 10.1 Å². The molecule has 0 saturated carbocycles. The summed E-state index contributed by atoms with van der Waals surface area (Å²) in [4.78, 5) is 12.5. The first-order valence-corrected chi connectivity index (χ1v) is 18.8. The highest BCUT2D eigenvalue weighted by Gasteiger charge is 2.27. The number of hydrogen-bond donors (Lipinski definition) is 4. The van der Waals surface area contributed by atoms with Gasteiger partial charge in [0.2, 0.25) is 5.91 Å². The van der Waals surface area contributed by atoms with Crippen molar-refractivity contribution in [2.75, 3.05) is 5.75 Å². The van der Waals surface area contributed by atoms with Gasteiger partial charge >= 0.3 is 0 Å². The van der Waals surface area contributed by atoms with Crippen molar-refractivity contribution >= 4 is 16.0 Å². The number of allylic oxidation sites excluding steroid dienone is 3. The maximum absolute atomic E-state index is 12.5. The van der Waals surface area contributed by atoms with E-state index in [1.54, 1.807) is 6.08 Å². The van der Waals surface area contributed by atoms with Gasteiger partial charge in [-0.3, -0.25) is 9.35 Å². The number of nitrogens with one attached hydrogen (secondary N) is 1. The number of carbonyl (C=O) groups is 1. The van der Waals surface area contributed by atoms with Crippen LogP contribution in [-0.2, 0) is 14.9 Å². The summed E-state index contributed by atoms with van der Waals surface area (Å²) in [7, 11) is -4.44. The van der Waals surface area contributed by atoms with E-state index in [2.05, 4.69) is 31.3 Å². The van der Waals surface area contributed by atoms with Crippen LogP contribution in [0.25, 0.3) is 0 Å². The van der Waals surface area contributed by atoms with Gasteiger partial charge in [0, 0.05) is 0 Å². The zero-order valence-electron chi connectivity index (χ0n) is 27.0. The number of aliphatic hydroxyl groups excluding tert-OH is 2. The molecule has 3 atom stereocenters. The topological polar surface area (TPSA) is 124 Å². The number of aliphatic hydroxyl groups is 2. The van der Waals surface area contributed by atoms with Crippen LogP contribution in [0, 0.1) is 0 Å². The van der Waals surface area contributed by atoms with Gasteiger partial charge in [-0.2, -0.15) is 8.42 Å². The van der Waals surface area contributed by atoms with E-state index in [1.165, 1.54) is 102 Å². The van der Waals surface area contributed by atoms with Gasteiger partial charge < -0.3 is 15.5 Å². The molecule has 8 heteroatoms. The number of hydrogen-bond acceptors (Lipinski definition) is 5. The predicted molar refractivity (Wildman–Crippen MR) is 176 cm³/mol. The van der Waals surface area contributed by atoms with Crippen molar-refractivity contribution in [1.82, 2.24) is 5.32 Å². The van der Waals surface area contributed by atoms with E-state index < -0.39 is 40.0 Å². The molecule has 0 fully saturated rings. The van der Waals surface area contributed by atoms with Crippen molar-refractivity contribution in [3.63, 3.8) is 0 Å². The van der Waals surface area contributed by atoms with E-state index in [0.29, 0.717) is 12.8 Å². The molecule has 4 N–H and O–H groups in total. The minimum Gasteiger partial charge on any atom is -0.387 e. The van der Waals surface area contributed by atoms with Crippen LogP contribution in [0.2, 0.25) is 0 Å². The highest BCUT2D eigenvalue weighted by Crippen LogP contribution is 2.14. The Morgan fingerprint density at radius 3 is 1.57 bits per heavy atom. The third kappa shape index (κ3) is 27.6. The Bertz CT molecular complexity index is 783. The second kappa shape index (κ2) is 28.5. The molecule has 0 rings (SSSR count). The van der Waals surface area contributed by atoms with E-state index in [-0.39, 0.29) is 6.42 Å². The minimum absolute atomic E-state index is 0.277. The standard InChI is InChI=1S/C34H65NO6S/c1-3-5-7-9-11-13-15-17-19-21-23-25-27-29-33(37)34(38)35-31(30-42(39,40)41)32(36)28-26-24-22-20-18-16-14-12-10-8-6-4-2/h18,20,26,28,31-33,36-37H,3-17,19,21-25,27,29-30H2,1-2H3,(H,35,38)(H,39,40,41)/b20-18+,28-26+. The van der Waals surface area contributed by atoms with Crippen LogP contribution >= 0.6 is 0 Å². The fourth-order valence-electron chi connectivity index (χ4n) is 5.06. The second-order valence-corrected chi connectivity index (χ2v) is 13.4. The van der Waals surface area contributed by atoms with Crippen molar-refractivity contribution in [3.8, 4) is 0 Å². The lowest BCUT2D eigenvalue weighted by Crippen LogP contribution is -2.50. The Kier molecular flexibility index (Phi) is 27.7. The number of amides is 1. The maximum atomic E-state index is 12.5. The Morgan fingerprint density at radius 1 is 0.643 bits per heavy atom. The van der Waals surface area contributed by atoms with Gasteiger partial charge in [-0.1, -0.05) is 154 Å². The summed E-state index contributed by atoms with van der Waals surface area (Å²) in [6.45, 7) is 4.45. The van der Waals surface area contributed by atoms with Gasteiger partial charge in [-0.25, -0.2) is 0 Å². The lowest BCUT2D eigenvalue weighted by atomic mass is 10.0. The van der Waals surface area contributed by atoms with Gasteiger partial charge in [0.05, 0.1) is 17.9 Å². The normalized spacial score (nSPS) is 14.5. The Balaban J connectivity index is 4.21. The Labute approximate surface area is 258 Å². The van der Waals surface area contributed by atoms with Gasteiger partial charge in [0.1, 0.15) is 6.10 Å². The van der Waals surface area contributed by atoms with Crippen LogP contribution in [0.1, 0.15) is 162 Å². The van der Waals surface area contributed by atoms with Crippen molar-refractivity contribution in [2.45, 2.75) is 180 Å². The molecule has 42 heavy (non-hydrogen) atoms. The molecule has 0 aliphatic rings. The average molecular weight is 616 g/mol. The third-order valence-corrected chi connectivity index (χ3v) is 8.52. The van der Waals surface area contributed by atoms with E-state index in [4.69, 9.17) is 0 Å². The quantitative estimate of drug-likeness (QED) is 0.0367. The summed E-state index contributed by atoms with van der Waals surface area (Å²) in [5.41, 5.74) is 0. The molecule has 0 aromatic heterocycles. The first-order chi connectivity index (χ1) is 20.2. The molecule has 0 heterocycles. The smallest absolute Gasteiger partial charge is 0.267 e. The fraction of sp³-hybridized carbons (Fsp3) is 0.853. The van der Waals surface area contributed by atoms with Crippen LogP contribution < -0.4 is 5.32 Å². The van der Waals surface area contributed by atoms with Crippen molar-refractivity contribution < 1.29 is 28.0 Å². The summed E-state index contributed by atoms with van der Waals surface area (Å²) in [5.74, 6) is -1.55. The summed E-state index contributed by atoms with van der Waals surface area (Å²) in [6.07, 6.45) is 30.9. The molecule has 0 aliphatic heterocycles. The molecule has 1 amide bonds. The second-order valence-electron chi connectivity index (χ2n) is 11.9. The lowest BCUT2D eigenvalue weighted by molar-refractivity contribution is -0.130. The number of unbranched alkanes of at least 4 members (excludes halogenated alkanes) is 19. The van der Waals surface area contributed by atoms with Gasteiger partial charge in [0.15, 0.2) is 0 Å². The van der Waals surface area contributed by atoms with E-state index >= 15 is 0 Å². The molecule has 0 aliphatic carbocycles. The molecule has 0 spiro atoms. The molecule has 0 bridgehead atoms. The summed E-state index contributed by atoms with van der Waals surface area (Å²) >= 11 is 0. The Morgan fingerprint density at radius 2 is 1.07 bits per heavy atom. The zero-order valence-corrected chi connectivity index (χ0v) is 27.8. The van der Waals surface area contributed by atoms with E-state index in [0.717, 1.165) is 32.1 Å². The minimum atomic E-state index is -4.44. The van der Waals surface area contributed by atoms with Gasteiger partial charge in [-0.05, 0) is 32.1 Å². The SMILES string of the molecule is CCCCCCCC/C=C/CC/C=C/C(O)C(CS(=O)(=O)O)NC(=O)C(O)CCCCCCCCCCCCCCC. The maximum Gasteiger partial charge on any atom is 0.267 e. The van der Waals surface area contributed by atoms with E-state index in [9.17, 15) is 28.0 Å². The van der Waals surface area contributed by atoms with Crippen molar-refractivity contribution in [3.05, 3.63) is 24.3 Å². The van der Waals surface area contributed by atoms with Crippen LogP contribution in [0.4, 0.5) is 0 Å². The van der Waals surface area contributed by atoms with Crippen molar-refractivity contribution in [1.29, 1.82) is 0 Å². The first kappa shape index (κ1) is 40.8. The molecule has 248 valence electrons. The molecule has 3 unspecified atom stereocenters. The van der Waals surface area contributed by atoms with Crippen molar-refractivity contribution in [2.24, 2.45) is 0 Å². The molecule has 0 aromatic rings. The first-order valence-electron chi connectivity index (χ1n) is 17.1. The third-order valence-electron chi connectivity index (χ3n) is 7.74. The largest absolute Gasteiger partial charge is 0.387 e. The van der Waals surface area contributed by atoms with Crippen LogP contribution in [0.3, 0.4) is 0 Å². The molecular weight excluding hydrogens is 550 g/mol. The van der Waals surface area contributed by atoms with Crippen LogP contribution in [-0.4, -0.2) is 53.1 Å². The molecular formula is C34H65NO6S. The van der Waals surface area contributed by atoms with Crippen LogP contribution in [0.15, 0.2) is 24.3 Å². The predicted octanol–water partition coefficient (Wildman–Crippen LogP) is 8.21. The average Bonchev–Trinajstić information content (AvgIpc) is 2.94. The Hall–Kier alpha value is -1.22. The summed E-state index contributed by atoms with van der Waals surface area (Å²) in [6, 6.07) is -1.24. The van der Waals surface area contributed by atoms with E-state index in [1.807, 2.05) is 0 Å². The zero-order chi connectivity index (χ0) is 31.3. The van der Waals surface area contributed by atoms with Gasteiger partial charge in [-0.15, -0.1) is 0 Å². The fourth-order valence-corrected chi connectivity index (χ4v) is 5.79. The molecule has 0 saturated heterocycles. The highest BCUT2D eigenvalue weighted by atomic mass is 32.2. The summed E-state index contributed by atoms with van der Waals surface area (Å²) in [5, 5.41) is 23.2. The monoisotopic (exact) mass is 615 g/mol. The highest BCUT2D eigenvalue weighted by molar-refractivity contribution is 7.85. The molecule has 0 radical (unpaired) electrons. The summed E-state index contributed by atoms with van der Waals surface area (Å²) < 4.78 is 32.3. The lowest BCUT2D eigenvalue weighted by Gasteiger charge is -2.22. The number of carbonyl (C=O) groups excluding carboxylic acids is 1. The number of rotatable bonds is 30. The molecule has 0 aromatic carbocycles. The van der Waals surface area contributed by atoms with Crippen LogP contribution in [0.5, 0.6) is 0 Å². The molecule has 7 nitrogen and oxygen atoms in total.